The number of para-hydroxylation sites is 1. The van der Waals surface area contributed by atoms with Crippen LogP contribution in [0, 0.1) is 0 Å². The summed E-state index contributed by atoms with van der Waals surface area (Å²) in [6, 6.07) is 7.40. The van der Waals surface area contributed by atoms with E-state index in [0.717, 1.165) is 10.9 Å². The number of nitrogens with zero attached hydrogens (tertiary/aromatic N) is 1. The standard InChI is InChI=1S/C14H15NO4/c1-3-14(17)19-9-13(16)11-8-15(18-2)12-7-5-4-6-10(11)12/h4-8H,3,9H2,1-2H3. The molecule has 0 aliphatic rings. The van der Waals surface area contributed by atoms with E-state index in [0.29, 0.717) is 5.56 Å². The highest BCUT2D eigenvalue weighted by Crippen LogP contribution is 2.20. The Morgan fingerprint density at radius 3 is 2.68 bits per heavy atom. The minimum Gasteiger partial charge on any atom is -0.457 e. The van der Waals surface area contributed by atoms with Gasteiger partial charge >= 0.3 is 5.97 Å². The van der Waals surface area contributed by atoms with Crippen LogP contribution in [0.3, 0.4) is 0 Å². The van der Waals surface area contributed by atoms with Gasteiger partial charge in [-0.25, -0.2) is 0 Å². The lowest BCUT2D eigenvalue weighted by Crippen LogP contribution is -2.13. The van der Waals surface area contributed by atoms with E-state index in [4.69, 9.17) is 9.57 Å². The Morgan fingerprint density at radius 2 is 2.00 bits per heavy atom. The number of rotatable bonds is 5. The zero-order valence-electron chi connectivity index (χ0n) is 10.9. The molecule has 0 N–H and O–H groups in total. The molecular formula is C14H15NO4. The number of esters is 1. The highest BCUT2D eigenvalue weighted by atomic mass is 16.6. The summed E-state index contributed by atoms with van der Waals surface area (Å²) < 4.78 is 6.38. The molecule has 0 aliphatic heterocycles. The normalized spacial score (nSPS) is 10.4. The van der Waals surface area contributed by atoms with Gasteiger partial charge in [0.15, 0.2) is 6.61 Å². The molecule has 0 spiro atoms. The van der Waals surface area contributed by atoms with Crippen molar-refractivity contribution < 1.29 is 19.2 Å². The Labute approximate surface area is 110 Å². The van der Waals surface area contributed by atoms with Crippen molar-refractivity contribution >= 4 is 22.7 Å². The topological polar surface area (TPSA) is 57.5 Å². The van der Waals surface area contributed by atoms with Gasteiger partial charge < -0.3 is 9.57 Å². The second-order valence-electron chi connectivity index (χ2n) is 4.01. The van der Waals surface area contributed by atoms with Gasteiger partial charge in [-0.15, -0.1) is 0 Å². The average Bonchev–Trinajstić information content (AvgIpc) is 2.83. The van der Waals surface area contributed by atoms with Gasteiger partial charge in [-0.2, -0.15) is 4.73 Å². The van der Waals surface area contributed by atoms with E-state index in [-0.39, 0.29) is 24.8 Å². The minimum atomic E-state index is -0.385. The third-order valence-electron chi connectivity index (χ3n) is 2.83. The van der Waals surface area contributed by atoms with Gasteiger partial charge in [-0.1, -0.05) is 25.1 Å². The highest BCUT2D eigenvalue weighted by molar-refractivity contribution is 6.09. The number of benzene rings is 1. The molecule has 19 heavy (non-hydrogen) atoms. The van der Waals surface area contributed by atoms with Crippen LogP contribution in [0.25, 0.3) is 10.9 Å². The van der Waals surface area contributed by atoms with Crippen LogP contribution in [-0.4, -0.2) is 30.2 Å². The molecule has 0 aliphatic carbocycles. The SMILES string of the molecule is CCC(=O)OCC(=O)c1cn(OC)c2ccccc12. The Kier molecular flexibility index (Phi) is 3.85. The molecule has 2 rings (SSSR count). The summed E-state index contributed by atoms with van der Waals surface area (Å²) in [6.07, 6.45) is 1.86. The monoisotopic (exact) mass is 261 g/mol. The van der Waals surface area contributed by atoms with Crippen LogP contribution >= 0.6 is 0 Å². The number of hydrogen-bond acceptors (Lipinski definition) is 4. The molecule has 1 heterocycles. The van der Waals surface area contributed by atoms with Crippen molar-refractivity contribution in [2.24, 2.45) is 0 Å². The third-order valence-corrected chi connectivity index (χ3v) is 2.83. The van der Waals surface area contributed by atoms with E-state index in [1.54, 1.807) is 13.1 Å². The first-order valence-corrected chi connectivity index (χ1v) is 6.00. The fourth-order valence-electron chi connectivity index (χ4n) is 1.85. The van der Waals surface area contributed by atoms with Crippen molar-refractivity contribution in [3.63, 3.8) is 0 Å². The molecule has 1 aromatic heterocycles. The lowest BCUT2D eigenvalue weighted by atomic mass is 10.1. The smallest absolute Gasteiger partial charge is 0.305 e. The number of ether oxygens (including phenoxy) is 1. The summed E-state index contributed by atoms with van der Waals surface area (Å²) in [7, 11) is 1.53. The Balaban J connectivity index is 2.29. The molecule has 0 amide bonds. The maximum atomic E-state index is 12.1. The maximum absolute atomic E-state index is 12.1. The lowest BCUT2D eigenvalue weighted by Gasteiger charge is -2.01. The van der Waals surface area contributed by atoms with Crippen molar-refractivity contribution in [2.75, 3.05) is 13.7 Å². The highest BCUT2D eigenvalue weighted by Gasteiger charge is 2.16. The Bertz CT molecular complexity index is 615. The summed E-state index contributed by atoms with van der Waals surface area (Å²) in [5.74, 6) is -0.627. The number of Topliss-reactive ketones (excluding diaryl/α,β-unsaturated/α-hetero) is 1. The van der Waals surface area contributed by atoms with E-state index >= 15 is 0 Å². The molecule has 5 nitrogen and oxygen atoms in total. The summed E-state index contributed by atoms with van der Waals surface area (Å²) in [5.41, 5.74) is 1.29. The van der Waals surface area contributed by atoms with Gasteiger partial charge in [0.1, 0.15) is 7.11 Å². The number of carbonyl (C=O) groups excluding carboxylic acids is 2. The van der Waals surface area contributed by atoms with Crippen LogP contribution < -0.4 is 4.84 Å². The van der Waals surface area contributed by atoms with Gasteiger partial charge in [0, 0.05) is 11.8 Å². The molecule has 2 aromatic rings. The lowest BCUT2D eigenvalue weighted by molar-refractivity contribution is -0.142. The van der Waals surface area contributed by atoms with E-state index in [1.165, 1.54) is 11.8 Å². The van der Waals surface area contributed by atoms with Gasteiger partial charge in [0.05, 0.1) is 17.3 Å². The van der Waals surface area contributed by atoms with E-state index in [2.05, 4.69) is 0 Å². The molecule has 0 bridgehead atoms. The summed E-state index contributed by atoms with van der Waals surface area (Å²) in [5, 5.41) is 0.780. The number of aromatic nitrogens is 1. The third kappa shape index (κ3) is 2.59. The van der Waals surface area contributed by atoms with Gasteiger partial charge in [-0.05, 0) is 6.07 Å². The van der Waals surface area contributed by atoms with Crippen LogP contribution in [0.4, 0.5) is 0 Å². The van der Waals surface area contributed by atoms with Gasteiger partial charge in [-0.3, -0.25) is 9.59 Å². The van der Waals surface area contributed by atoms with Crippen molar-refractivity contribution in [3.8, 4) is 0 Å². The molecule has 0 saturated carbocycles. The molecule has 0 unspecified atom stereocenters. The second-order valence-corrected chi connectivity index (χ2v) is 4.01. The summed E-state index contributed by atoms with van der Waals surface area (Å²) in [6.45, 7) is 1.44. The first-order valence-electron chi connectivity index (χ1n) is 6.00. The summed E-state index contributed by atoms with van der Waals surface area (Å²) in [4.78, 5) is 28.3. The fourth-order valence-corrected chi connectivity index (χ4v) is 1.85. The Morgan fingerprint density at radius 1 is 1.26 bits per heavy atom. The van der Waals surface area contributed by atoms with Crippen molar-refractivity contribution in [2.45, 2.75) is 13.3 Å². The Hall–Kier alpha value is -2.30. The van der Waals surface area contributed by atoms with Crippen LogP contribution in [0.15, 0.2) is 30.5 Å². The predicted molar refractivity (Wildman–Crippen MR) is 70.0 cm³/mol. The van der Waals surface area contributed by atoms with Crippen molar-refractivity contribution in [1.82, 2.24) is 4.73 Å². The van der Waals surface area contributed by atoms with Crippen LogP contribution in [0.2, 0.25) is 0 Å². The number of ketones is 1. The first kappa shape index (κ1) is 13.1. The van der Waals surface area contributed by atoms with Gasteiger partial charge in [0.25, 0.3) is 0 Å². The second kappa shape index (κ2) is 5.56. The van der Waals surface area contributed by atoms with Crippen LogP contribution in [0.5, 0.6) is 0 Å². The molecule has 1 aromatic carbocycles. The molecule has 0 fully saturated rings. The summed E-state index contributed by atoms with van der Waals surface area (Å²) >= 11 is 0. The molecular weight excluding hydrogens is 246 g/mol. The quantitative estimate of drug-likeness (QED) is 0.608. The zero-order valence-corrected chi connectivity index (χ0v) is 10.9. The van der Waals surface area contributed by atoms with E-state index in [1.807, 2.05) is 24.3 Å². The van der Waals surface area contributed by atoms with Crippen LogP contribution in [0.1, 0.15) is 23.7 Å². The average molecular weight is 261 g/mol. The number of carbonyl (C=O) groups is 2. The molecule has 0 atom stereocenters. The fraction of sp³-hybridized carbons (Fsp3) is 0.286. The first-order chi connectivity index (χ1) is 9.17. The van der Waals surface area contributed by atoms with Crippen LogP contribution in [-0.2, 0) is 9.53 Å². The van der Waals surface area contributed by atoms with E-state index < -0.39 is 0 Å². The zero-order chi connectivity index (χ0) is 13.8. The minimum absolute atomic E-state index is 0.242. The largest absolute Gasteiger partial charge is 0.457 e. The molecule has 100 valence electrons. The predicted octanol–water partition coefficient (Wildman–Crippen LogP) is 1.84. The van der Waals surface area contributed by atoms with E-state index in [9.17, 15) is 9.59 Å². The number of fused-ring (bicyclic) bond motifs is 1. The molecule has 0 radical (unpaired) electrons. The van der Waals surface area contributed by atoms with Crippen molar-refractivity contribution in [1.29, 1.82) is 0 Å². The van der Waals surface area contributed by atoms with Crippen molar-refractivity contribution in [3.05, 3.63) is 36.0 Å². The molecule has 0 saturated heterocycles. The molecule has 5 heteroatoms. The maximum Gasteiger partial charge on any atom is 0.305 e. The van der Waals surface area contributed by atoms with Gasteiger partial charge in [0.2, 0.25) is 5.78 Å². The number of hydrogen-bond donors (Lipinski definition) is 0.